The van der Waals surface area contributed by atoms with Crippen LogP contribution < -0.4 is 0 Å². The highest BCUT2D eigenvalue weighted by Crippen LogP contribution is 2.76. The zero-order valence-corrected chi connectivity index (χ0v) is 35.0. The fourth-order valence-corrected chi connectivity index (χ4v) is 13.5. The van der Waals surface area contributed by atoms with Crippen LogP contribution in [0.2, 0.25) is 0 Å². The minimum atomic E-state index is -5.01. The Morgan fingerprint density at radius 2 is 1.72 bits per heavy atom. The summed E-state index contributed by atoms with van der Waals surface area (Å²) in [5, 5.41) is 54.8. The van der Waals surface area contributed by atoms with E-state index < -0.39 is 100 Å². The first-order chi connectivity index (χ1) is 26.4. The molecular weight excluding hydrogens is 765 g/mol. The zero-order chi connectivity index (χ0) is 41.8. The van der Waals surface area contributed by atoms with E-state index in [0.717, 1.165) is 37.7 Å². The Hall–Kier alpha value is -1.54. The number of esters is 1. The molecule has 0 aromatic carbocycles. The smallest absolute Gasteiger partial charge is 0.397 e. The number of hydrogen-bond acceptors (Lipinski definition) is 14. The third-order valence-corrected chi connectivity index (χ3v) is 16.3. The lowest BCUT2D eigenvalue weighted by molar-refractivity contribution is -0.362. The first-order valence-corrected chi connectivity index (χ1v) is 22.0. The lowest BCUT2D eigenvalue weighted by Gasteiger charge is -2.64. The van der Waals surface area contributed by atoms with Crippen LogP contribution in [0.15, 0.2) is 23.8 Å². The van der Waals surface area contributed by atoms with Crippen molar-refractivity contribution in [1.82, 2.24) is 0 Å². The fourth-order valence-electron chi connectivity index (χ4n) is 13.0. The lowest BCUT2D eigenvalue weighted by atomic mass is 9.40. The molecule has 16 heteroatoms. The lowest BCUT2D eigenvalue weighted by Crippen LogP contribution is -2.64. The van der Waals surface area contributed by atoms with Crippen LogP contribution in [0.25, 0.3) is 0 Å². The molecule has 324 valence electrons. The van der Waals surface area contributed by atoms with E-state index >= 15 is 0 Å². The van der Waals surface area contributed by atoms with Gasteiger partial charge in [-0.1, -0.05) is 44.9 Å². The maximum absolute atomic E-state index is 14.0. The van der Waals surface area contributed by atoms with Gasteiger partial charge in [0.15, 0.2) is 12.6 Å². The van der Waals surface area contributed by atoms with Crippen LogP contribution in [0.4, 0.5) is 0 Å². The van der Waals surface area contributed by atoms with Crippen molar-refractivity contribution in [2.45, 2.75) is 179 Å². The molecular formula is C41H64O15S. The quantitative estimate of drug-likeness (QED) is 0.1000. The van der Waals surface area contributed by atoms with Crippen LogP contribution in [0.1, 0.15) is 106 Å². The van der Waals surface area contributed by atoms with E-state index in [2.05, 4.69) is 40.3 Å². The predicted molar refractivity (Wildman–Crippen MR) is 202 cm³/mol. The van der Waals surface area contributed by atoms with E-state index in [-0.39, 0.29) is 35.2 Å². The molecule has 3 saturated carbocycles. The average Bonchev–Trinajstić information content (AvgIpc) is 3.54. The van der Waals surface area contributed by atoms with Crippen molar-refractivity contribution in [2.24, 2.45) is 39.4 Å². The van der Waals surface area contributed by atoms with Crippen molar-refractivity contribution < 1.29 is 71.2 Å². The van der Waals surface area contributed by atoms with E-state index in [4.69, 9.17) is 27.9 Å². The third-order valence-electron chi connectivity index (χ3n) is 15.8. The molecule has 3 heterocycles. The Balaban J connectivity index is 1.13. The highest BCUT2D eigenvalue weighted by molar-refractivity contribution is 7.80. The molecule has 4 aliphatic carbocycles. The van der Waals surface area contributed by atoms with Gasteiger partial charge in [0, 0.05) is 11.3 Å². The van der Waals surface area contributed by atoms with Crippen molar-refractivity contribution in [3.8, 4) is 0 Å². The van der Waals surface area contributed by atoms with Crippen LogP contribution in [-0.2, 0) is 43.1 Å². The summed E-state index contributed by atoms with van der Waals surface area (Å²) in [7, 11) is -5.01. The second-order valence-corrected chi connectivity index (χ2v) is 20.7. The average molecular weight is 829 g/mol. The van der Waals surface area contributed by atoms with Crippen LogP contribution in [0.5, 0.6) is 0 Å². The van der Waals surface area contributed by atoms with E-state index in [1.54, 1.807) is 0 Å². The molecule has 6 N–H and O–H groups in total. The minimum absolute atomic E-state index is 0.117. The predicted octanol–water partition coefficient (Wildman–Crippen LogP) is 3.11. The number of aliphatic hydroxyl groups is 5. The molecule has 0 amide bonds. The number of fused-ring (bicyclic) bond motifs is 5. The van der Waals surface area contributed by atoms with Gasteiger partial charge in [-0.15, -0.1) is 6.58 Å². The second kappa shape index (κ2) is 14.8. The molecule has 7 rings (SSSR count). The fraction of sp³-hybridized carbons (Fsp3) is 0.878. The Morgan fingerprint density at radius 3 is 2.39 bits per heavy atom. The molecule has 15 nitrogen and oxygen atoms in total. The number of aliphatic hydroxyl groups excluding tert-OH is 4. The topological polar surface area (TPSA) is 228 Å². The molecule has 2 bridgehead atoms. The third kappa shape index (κ3) is 6.99. The zero-order valence-electron chi connectivity index (χ0n) is 34.2. The van der Waals surface area contributed by atoms with Crippen molar-refractivity contribution in [3.05, 3.63) is 23.8 Å². The number of allylic oxidation sites excluding steroid dienone is 3. The highest BCUT2D eigenvalue weighted by atomic mass is 32.3. The molecule has 57 heavy (non-hydrogen) atoms. The number of rotatable bonds is 11. The van der Waals surface area contributed by atoms with E-state index in [1.807, 2.05) is 13.8 Å². The molecule has 0 aromatic rings. The summed E-state index contributed by atoms with van der Waals surface area (Å²) in [5.41, 5.74) is -0.638. The first-order valence-electron chi connectivity index (χ1n) is 20.6. The summed E-state index contributed by atoms with van der Waals surface area (Å²) in [6.07, 6.45) is -5.62. The van der Waals surface area contributed by atoms with Gasteiger partial charge in [0.1, 0.15) is 42.7 Å². The van der Waals surface area contributed by atoms with Gasteiger partial charge >= 0.3 is 16.4 Å². The van der Waals surface area contributed by atoms with Crippen molar-refractivity contribution in [2.75, 3.05) is 6.61 Å². The van der Waals surface area contributed by atoms with E-state index in [1.165, 1.54) is 12.5 Å². The van der Waals surface area contributed by atoms with Gasteiger partial charge in [0.25, 0.3) is 0 Å². The molecule has 3 aliphatic heterocycles. The Bertz CT molecular complexity index is 1710. The summed E-state index contributed by atoms with van der Waals surface area (Å²) in [6.45, 7) is 17.7. The van der Waals surface area contributed by atoms with Crippen molar-refractivity contribution in [1.29, 1.82) is 0 Å². The number of hydrogen-bond donors (Lipinski definition) is 6. The molecule has 3 saturated heterocycles. The van der Waals surface area contributed by atoms with Crippen molar-refractivity contribution >= 4 is 16.4 Å². The van der Waals surface area contributed by atoms with E-state index in [9.17, 15) is 43.3 Å². The van der Waals surface area contributed by atoms with Crippen LogP contribution in [-0.4, -0.2) is 124 Å². The Kier molecular flexibility index (Phi) is 11.3. The molecule has 0 radical (unpaired) electrons. The molecule has 0 aromatic heterocycles. The van der Waals surface area contributed by atoms with E-state index in [0.29, 0.717) is 25.7 Å². The molecule has 6 fully saturated rings. The minimum Gasteiger partial charge on any atom is -0.461 e. The summed E-state index contributed by atoms with van der Waals surface area (Å²) in [5.74, 6) is -0.187. The maximum atomic E-state index is 14.0. The number of carbonyl (C=O) groups excluding carboxylic acids is 1. The number of carbonyl (C=O) groups is 1. The molecule has 18 atom stereocenters. The van der Waals surface area contributed by atoms with Gasteiger partial charge in [0.05, 0.1) is 29.8 Å². The van der Waals surface area contributed by atoms with Gasteiger partial charge in [-0.2, -0.15) is 8.42 Å². The first kappa shape index (κ1) is 43.5. The summed E-state index contributed by atoms with van der Waals surface area (Å²) in [6, 6.07) is 0. The van der Waals surface area contributed by atoms with Crippen LogP contribution >= 0.6 is 0 Å². The van der Waals surface area contributed by atoms with Gasteiger partial charge in [0.2, 0.25) is 0 Å². The monoisotopic (exact) mass is 828 g/mol. The highest BCUT2D eigenvalue weighted by Gasteiger charge is 2.78. The summed E-state index contributed by atoms with van der Waals surface area (Å²) in [4.78, 5) is 14.0. The molecule has 7 aliphatic rings. The van der Waals surface area contributed by atoms with Crippen LogP contribution in [0.3, 0.4) is 0 Å². The summed E-state index contributed by atoms with van der Waals surface area (Å²) < 4.78 is 67.7. The van der Waals surface area contributed by atoms with Gasteiger partial charge in [-0.3, -0.25) is 9.35 Å². The van der Waals surface area contributed by atoms with Gasteiger partial charge in [-0.05, 0) is 101 Å². The molecule has 1 spiro atoms. The summed E-state index contributed by atoms with van der Waals surface area (Å²) >= 11 is 0. The van der Waals surface area contributed by atoms with Gasteiger partial charge < -0.3 is 49.2 Å². The molecule has 18 unspecified atom stereocenters. The Labute approximate surface area is 336 Å². The maximum Gasteiger partial charge on any atom is 0.397 e. The standard InChI is InChI=1S/C41H64O15S/c1-20(2)10-9-15-40(8,47)33-24-18-39(7)23-11-12-26-37(4,5)27(14-16-38(26,6)22(23)13-17-41(33,39)36(46)53-24)54-35-32(29(43)25(19-51-35)56-57(48,49)50)55-34-31(45)30(44)28(42)21(3)52-34/h11,21-22,24-35,42-45,47H,1,9-10,12-19H2,2-8H3,(H,48,49,50). The normalized spacial score (nSPS) is 48.9. The van der Waals surface area contributed by atoms with Crippen molar-refractivity contribution in [3.63, 3.8) is 0 Å². The number of ether oxygens (including phenoxy) is 5. The van der Waals surface area contributed by atoms with Crippen LogP contribution in [0, 0.1) is 39.4 Å². The SMILES string of the molecule is C=C(C)CCCC(C)(O)C1C2CC3(C)C4=CCC5C(C)(C)C(OC6OCC(OS(=O)(=O)O)C(O)C6OC6OC(C)C(O)C(O)C6O)CCC5(C)C4CCC13C(=O)O2. The second-order valence-electron chi connectivity index (χ2n) is 19.7. The Morgan fingerprint density at radius 1 is 1.02 bits per heavy atom. The van der Waals surface area contributed by atoms with Gasteiger partial charge in [-0.25, -0.2) is 4.18 Å². The largest absolute Gasteiger partial charge is 0.461 e.